The highest BCUT2D eigenvalue weighted by Crippen LogP contribution is 2.37. The van der Waals surface area contributed by atoms with E-state index in [1.165, 1.54) is 0 Å². The minimum absolute atomic E-state index is 0.0457. The van der Waals surface area contributed by atoms with Crippen LogP contribution in [0.15, 0.2) is 54.6 Å². The van der Waals surface area contributed by atoms with Gasteiger partial charge in [-0.25, -0.2) is 0 Å². The van der Waals surface area contributed by atoms with Crippen LogP contribution in [0.2, 0.25) is 10.0 Å². The topological polar surface area (TPSA) is 69.7 Å². The number of hydrogen-bond acceptors (Lipinski definition) is 3. The third kappa shape index (κ3) is 5.20. The van der Waals surface area contributed by atoms with Gasteiger partial charge in [-0.05, 0) is 55.0 Å². The van der Waals surface area contributed by atoms with Gasteiger partial charge in [0.05, 0.1) is 15.7 Å². The summed E-state index contributed by atoms with van der Waals surface area (Å²) < 4.78 is 0. The van der Waals surface area contributed by atoms with Gasteiger partial charge in [-0.15, -0.1) is 0 Å². The number of likely N-dealkylation sites (N-methyl/N-ethyl adjacent to an activating group) is 1. The summed E-state index contributed by atoms with van der Waals surface area (Å²) in [6, 6.07) is 16.2. The van der Waals surface area contributed by atoms with Crippen LogP contribution in [0.25, 0.3) is 10.8 Å². The molecule has 36 heavy (non-hydrogen) atoms. The highest BCUT2D eigenvalue weighted by atomic mass is 35.5. The number of nitrogens with zero attached hydrogens (tertiary/aromatic N) is 2. The third-order valence-electron chi connectivity index (χ3n) is 6.50. The van der Waals surface area contributed by atoms with Crippen LogP contribution in [0.3, 0.4) is 0 Å². The normalized spacial score (nSPS) is 13.2. The van der Waals surface area contributed by atoms with E-state index in [-0.39, 0.29) is 30.7 Å². The summed E-state index contributed by atoms with van der Waals surface area (Å²) in [5, 5.41) is 5.64. The first-order chi connectivity index (χ1) is 17.3. The van der Waals surface area contributed by atoms with Gasteiger partial charge in [-0.3, -0.25) is 14.4 Å². The molecule has 4 rings (SSSR count). The first-order valence-corrected chi connectivity index (χ1v) is 13.0. The Labute approximate surface area is 221 Å². The van der Waals surface area contributed by atoms with Crippen molar-refractivity contribution in [2.75, 3.05) is 18.0 Å². The van der Waals surface area contributed by atoms with Gasteiger partial charge in [-0.1, -0.05) is 60.5 Å². The lowest BCUT2D eigenvalue weighted by Crippen LogP contribution is -2.49. The Morgan fingerprint density at radius 1 is 1.03 bits per heavy atom. The third-order valence-corrected chi connectivity index (χ3v) is 7.23. The van der Waals surface area contributed by atoms with Crippen LogP contribution in [0, 0.1) is 0 Å². The Morgan fingerprint density at radius 3 is 2.47 bits per heavy atom. The van der Waals surface area contributed by atoms with Gasteiger partial charge in [-0.2, -0.15) is 0 Å². The summed E-state index contributed by atoms with van der Waals surface area (Å²) in [5.41, 5.74) is 2.36. The average Bonchev–Trinajstić information content (AvgIpc) is 3.14. The number of rotatable bonds is 10. The lowest BCUT2D eigenvalue weighted by atomic mass is 10.1. The summed E-state index contributed by atoms with van der Waals surface area (Å²) in [4.78, 5) is 42.6. The number of halogens is 2. The molecule has 1 N–H and O–H groups in total. The molecular formula is C28H29Cl2N3O3. The number of benzene rings is 3. The molecule has 0 spiro atoms. The molecule has 1 aliphatic rings. The number of hydrogen-bond donors (Lipinski definition) is 1. The van der Waals surface area contributed by atoms with Gasteiger partial charge in [0.15, 0.2) is 0 Å². The lowest BCUT2D eigenvalue weighted by molar-refractivity contribution is -0.141. The quantitative estimate of drug-likeness (QED) is 0.362. The van der Waals surface area contributed by atoms with Crippen molar-refractivity contribution in [3.63, 3.8) is 0 Å². The summed E-state index contributed by atoms with van der Waals surface area (Å²) in [7, 11) is 0. The van der Waals surface area contributed by atoms with Crippen LogP contribution in [0.5, 0.6) is 0 Å². The first kappa shape index (κ1) is 26.0. The maximum absolute atomic E-state index is 13.5. The zero-order valence-corrected chi connectivity index (χ0v) is 21.9. The Bertz CT molecular complexity index is 1310. The van der Waals surface area contributed by atoms with Crippen molar-refractivity contribution in [3.05, 3.63) is 75.8 Å². The number of anilines is 1. The standard InChI is InChI=1S/C28H29Cl2N3O3/c1-3-23(27(35)31-4-2)33(17-18-13-14-21(29)22(30)16-18)25(34)12-7-15-32-24-11-6-9-19-8-5-10-20(26(19)24)28(32)36/h5-6,8-11,13-14,16,23H,3-4,7,12,15,17H2,1-2H3,(H,31,35). The molecule has 1 unspecified atom stereocenters. The molecule has 3 amide bonds. The second kappa shape index (κ2) is 11.3. The predicted octanol–water partition coefficient (Wildman–Crippen LogP) is 5.83. The molecule has 0 saturated heterocycles. The summed E-state index contributed by atoms with van der Waals surface area (Å²) in [5.74, 6) is -0.387. The van der Waals surface area contributed by atoms with Gasteiger partial charge >= 0.3 is 0 Å². The van der Waals surface area contributed by atoms with Crippen LogP contribution in [0.4, 0.5) is 5.69 Å². The molecule has 188 valence electrons. The highest BCUT2D eigenvalue weighted by molar-refractivity contribution is 6.42. The fourth-order valence-electron chi connectivity index (χ4n) is 4.78. The van der Waals surface area contributed by atoms with Crippen LogP contribution >= 0.6 is 23.2 Å². The zero-order chi connectivity index (χ0) is 25.8. The molecule has 8 heteroatoms. The Kier molecular flexibility index (Phi) is 8.17. The molecule has 1 aliphatic heterocycles. The van der Waals surface area contributed by atoms with Crippen LogP contribution in [-0.2, 0) is 16.1 Å². The van der Waals surface area contributed by atoms with E-state index in [0.29, 0.717) is 41.5 Å². The molecule has 0 fully saturated rings. The molecule has 0 radical (unpaired) electrons. The van der Waals surface area contributed by atoms with Crippen LogP contribution in [-0.4, -0.2) is 41.8 Å². The van der Waals surface area contributed by atoms with E-state index in [2.05, 4.69) is 5.32 Å². The monoisotopic (exact) mass is 525 g/mol. The molecule has 0 aliphatic carbocycles. The second-order valence-corrected chi connectivity index (χ2v) is 9.64. The molecular weight excluding hydrogens is 497 g/mol. The number of nitrogens with one attached hydrogen (secondary N) is 1. The molecule has 3 aromatic rings. The van der Waals surface area contributed by atoms with Gasteiger partial charge in [0.25, 0.3) is 5.91 Å². The first-order valence-electron chi connectivity index (χ1n) is 12.2. The van der Waals surface area contributed by atoms with E-state index in [9.17, 15) is 14.4 Å². The summed E-state index contributed by atoms with van der Waals surface area (Å²) in [6.07, 6.45) is 1.15. The second-order valence-electron chi connectivity index (χ2n) is 8.83. The fourth-order valence-corrected chi connectivity index (χ4v) is 5.10. The van der Waals surface area contributed by atoms with Crippen molar-refractivity contribution < 1.29 is 14.4 Å². The number of carbonyl (C=O) groups is 3. The van der Waals surface area contributed by atoms with Crippen LogP contribution < -0.4 is 10.2 Å². The zero-order valence-electron chi connectivity index (χ0n) is 20.4. The molecule has 0 bridgehead atoms. The molecule has 1 atom stereocenters. The lowest BCUT2D eigenvalue weighted by Gasteiger charge is -2.31. The largest absolute Gasteiger partial charge is 0.355 e. The van der Waals surface area contributed by atoms with Crippen molar-refractivity contribution >= 4 is 57.4 Å². The average molecular weight is 526 g/mol. The van der Waals surface area contributed by atoms with Crippen molar-refractivity contribution in [2.24, 2.45) is 0 Å². The minimum Gasteiger partial charge on any atom is -0.355 e. The summed E-state index contributed by atoms with van der Waals surface area (Å²) in [6.45, 7) is 4.86. The van der Waals surface area contributed by atoms with E-state index in [1.54, 1.807) is 28.0 Å². The highest BCUT2D eigenvalue weighted by Gasteiger charge is 2.31. The SMILES string of the molecule is CCNC(=O)C(CC)N(Cc1ccc(Cl)c(Cl)c1)C(=O)CCCN1C(=O)c2cccc3cccc1c23. The smallest absolute Gasteiger partial charge is 0.258 e. The van der Waals surface area contributed by atoms with Gasteiger partial charge in [0.2, 0.25) is 11.8 Å². The maximum Gasteiger partial charge on any atom is 0.258 e. The van der Waals surface area contributed by atoms with E-state index >= 15 is 0 Å². The minimum atomic E-state index is -0.613. The number of carbonyl (C=O) groups excluding carboxylic acids is 3. The van der Waals surface area contributed by atoms with Crippen molar-refractivity contribution in [1.29, 1.82) is 0 Å². The molecule has 1 heterocycles. The van der Waals surface area contributed by atoms with E-state index in [1.807, 2.05) is 50.2 Å². The van der Waals surface area contributed by atoms with Gasteiger partial charge < -0.3 is 15.1 Å². The Hall–Kier alpha value is -3.09. The van der Waals surface area contributed by atoms with Gasteiger partial charge in [0.1, 0.15) is 6.04 Å². The van der Waals surface area contributed by atoms with Crippen molar-refractivity contribution in [1.82, 2.24) is 10.2 Å². The maximum atomic E-state index is 13.5. The van der Waals surface area contributed by atoms with Crippen molar-refractivity contribution in [2.45, 2.75) is 45.7 Å². The number of amides is 3. The van der Waals surface area contributed by atoms with Crippen LogP contribution in [0.1, 0.15) is 49.0 Å². The van der Waals surface area contributed by atoms with E-state index in [4.69, 9.17) is 23.2 Å². The molecule has 3 aromatic carbocycles. The molecule has 0 aromatic heterocycles. The predicted molar refractivity (Wildman–Crippen MR) is 145 cm³/mol. The summed E-state index contributed by atoms with van der Waals surface area (Å²) >= 11 is 12.2. The van der Waals surface area contributed by atoms with Crippen molar-refractivity contribution in [3.8, 4) is 0 Å². The molecule has 0 saturated carbocycles. The Balaban J connectivity index is 1.49. The van der Waals surface area contributed by atoms with E-state index in [0.717, 1.165) is 22.0 Å². The van der Waals surface area contributed by atoms with Gasteiger partial charge in [0, 0.05) is 37.0 Å². The molecule has 6 nitrogen and oxygen atoms in total. The fraction of sp³-hybridized carbons (Fsp3) is 0.321. The Morgan fingerprint density at radius 2 is 1.78 bits per heavy atom. The van der Waals surface area contributed by atoms with E-state index < -0.39 is 6.04 Å².